The summed E-state index contributed by atoms with van der Waals surface area (Å²) in [6.45, 7) is 2.47. The molecule has 0 bridgehead atoms. The summed E-state index contributed by atoms with van der Waals surface area (Å²) < 4.78 is 10.7. The molecule has 168 valence electrons. The van der Waals surface area contributed by atoms with E-state index in [0.717, 1.165) is 35.2 Å². The molecule has 0 spiro atoms. The van der Waals surface area contributed by atoms with E-state index in [9.17, 15) is 4.79 Å². The van der Waals surface area contributed by atoms with Gasteiger partial charge in [-0.15, -0.1) is 21.5 Å². The van der Waals surface area contributed by atoms with Gasteiger partial charge in [-0.2, -0.15) is 0 Å². The van der Waals surface area contributed by atoms with E-state index in [1.165, 1.54) is 19.3 Å². The van der Waals surface area contributed by atoms with Crippen molar-refractivity contribution in [2.45, 2.75) is 25.7 Å². The van der Waals surface area contributed by atoms with Gasteiger partial charge in [-0.3, -0.25) is 4.79 Å². The van der Waals surface area contributed by atoms with Crippen LogP contribution in [0.2, 0.25) is 0 Å². The average molecular weight is 454 g/mol. The monoisotopic (exact) mass is 453 g/mol. The van der Waals surface area contributed by atoms with Gasteiger partial charge in [-0.05, 0) is 49.6 Å². The number of rotatable bonds is 8. The summed E-state index contributed by atoms with van der Waals surface area (Å²) in [6, 6.07) is 9.35. The molecular weight excluding hydrogens is 426 g/mol. The third kappa shape index (κ3) is 5.16. The second-order valence-corrected chi connectivity index (χ2v) is 8.40. The second kappa shape index (κ2) is 10.4. The zero-order valence-electron chi connectivity index (χ0n) is 18.3. The third-order valence-electron chi connectivity index (χ3n) is 5.41. The molecule has 3 aromatic rings. The molecular formula is C23H27N5O3S. The Bertz CT molecular complexity index is 1050. The minimum atomic E-state index is -0.224. The Morgan fingerprint density at radius 3 is 2.59 bits per heavy atom. The van der Waals surface area contributed by atoms with Crippen molar-refractivity contribution in [1.82, 2.24) is 20.5 Å². The fourth-order valence-corrected chi connectivity index (χ4v) is 4.51. The van der Waals surface area contributed by atoms with E-state index < -0.39 is 0 Å². The first-order valence-corrected chi connectivity index (χ1v) is 11.6. The van der Waals surface area contributed by atoms with Crippen LogP contribution in [-0.4, -0.2) is 54.9 Å². The van der Waals surface area contributed by atoms with Gasteiger partial charge in [0, 0.05) is 37.0 Å². The largest absolute Gasteiger partial charge is 0.493 e. The number of hydrogen-bond acceptors (Lipinski definition) is 8. The first-order chi connectivity index (χ1) is 15.7. The van der Waals surface area contributed by atoms with Crippen LogP contribution in [0.1, 0.15) is 35.4 Å². The molecule has 4 rings (SSSR count). The molecule has 1 aromatic carbocycles. The molecule has 3 heterocycles. The van der Waals surface area contributed by atoms with E-state index in [1.54, 1.807) is 31.6 Å². The summed E-state index contributed by atoms with van der Waals surface area (Å²) in [4.78, 5) is 19.3. The number of nitrogens with one attached hydrogen (secondary N) is 1. The van der Waals surface area contributed by atoms with Crippen molar-refractivity contribution < 1.29 is 14.3 Å². The van der Waals surface area contributed by atoms with Gasteiger partial charge in [0.2, 0.25) is 0 Å². The molecule has 1 saturated heterocycles. The lowest BCUT2D eigenvalue weighted by molar-refractivity contribution is 0.0948. The highest BCUT2D eigenvalue weighted by Crippen LogP contribution is 2.33. The van der Waals surface area contributed by atoms with Crippen LogP contribution in [0.5, 0.6) is 11.5 Å². The minimum Gasteiger partial charge on any atom is -0.493 e. The molecule has 1 N–H and O–H groups in total. The van der Waals surface area contributed by atoms with E-state index in [-0.39, 0.29) is 5.91 Å². The summed E-state index contributed by atoms with van der Waals surface area (Å²) in [5.74, 6) is 1.97. The van der Waals surface area contributed by atoms with Crippen LogP contribution >= 0.6 is 11.3 Å². The Morgan fingerprint density at radius 2 is 1.88 bits per heavy atom. The predicted octanol–water partition coefficient (Wildman–Crippen LogP) is 3.58. The number of hydrogen-bond donors (Lipinski definition) is 1. The van der Waals surface area contributed by atoms with Crippen molar-refractivity contribution in [2.75, 3.05) is 38.8 Å². The first kappa shape index (κ1) is 22.0. The molecule has 1 aliphatic heterocycles. The SMILES string of the molecule is COc1ccc(-c2nc(CCNC(=O)c3ccc(N4CCCCC4)nn3)cs2)cc1OC. The van der Waals surface area contributed by atoms with Gasteiger partial charge < -0.3 is 19.7 Å². The fraction of sp³-hybridized carbons (Fsp3) is 0.391. The van der Waals surface area contributed by atoms with Gasteiger partial charge in [0.1, 0.15) is 5.01 Å². The summed E-state index contributed by atoms with van der Waals surface area (Å²) in [7, 11) is 3.23. The summed E-state index contributed by atoms with van der Waals surface area (Å²) >= 11 is 1.56. The summed E-state index contributed by atoms with van der Waals surface area (Å²) in [6.07, 6.45) is 4.25. The molecule has 0 aliphatic carbocycles. The summed E-state index contributed by atoms with van der Waals surface area (Å²) in [5, 5.41) is 14.2. The van der Waals surface area contributed by atoms with Gasteiger partial charge in [0.05, 0.1) is 19.9 Å². The molecule has 32 heavy (non-hydrogen) atoms. The Labute approximate surface area is 191 Å². The van der Waals surface area contributed by atoms with Crippen LogP contribution in [-0.2, 0) is 6.42 Å². The van der Waals surface area contributed by atoms with Gasteiger partial charge in [0.15, 0.2) is 23.0 Å². The number of methoxy groups -OCH3 is 2. The number of nitrogens with zero attached hydrogens (tertiary/aromatic N) is 4. The average Bonchev–Trinajstić information content (AvgIpc) is 3.33. The van der Waals surface area contributed by atoms with E-state index in [2.05, 4.69) is 25.4 Å². The zero-order valence-corrected chi connectivity index (χ0v) is 19.2. The van der Waals surface area contributed by atoms with Gasteiger partial charge in [0.25, 0.3) is 5.91 Å². The van der Waals surface area contributed by atoms with Crippen molar-refractivity contribution in [3.05, 3.63) is 47.1 Å². The number of carbonyl (C=O) groups is 1. The number of anilines is 1. The second-order valence-electron chi connectivity index (χ2n) is 7.54. The molecule has 0 unspecified atom stereocenters. The van der Waals surface area contributed by atoms with Crippen molar-refractivity contribution in [3.63, 3.8) is 0 Å². The first-order valence-electron chi connectivity index (χ1n) is 10.7. The number of piperidine rings is 1. The van der Waals surface area contributed by atoms with Crippen LogP contribution in [0.25, 0.3) is 10.6 Å². The Hall–Kier alpha value is -3.20. The highest BCUT2D eigenvalue weighted by atomic mass is 32.1. The molecule has 0 saturated carbocycles. The standard InChI is InChI=1S/C23H27N5O3S/c1-30-19-8-6-16(14-20(19)31-2)23-25-17(15-32-23)10-11-24-22(29)18-7-9-21(27-26-18)28-12-4-3-5-13-28/h6-9,14-15H,3-5,10-13H2,1-2H3,(H,24,29). The maximum Gasteiger partial charge on any atom is 0.271 e. The zero-order chi connectivity index (χ0) is 22.3. The van der Waals surface area contributed by atoms with Crippen molar-refractivity contribution >= 4 is 23.1 Å². The molecule has 1 aliphatic rings. The molecule has 8 nitrogen and oxygen atoms in total. The number of aromatic nitrogens is 3. The van der Waals surface area contributed by atoms with Gasteiger partial charge in [-0.1, -0.05) is 0 Å². The Kier molecular flexibility index (Phi) is 7.16. The fourth-order valence-electron chi connectivity index (χ4n) is 3.66. The maximum atomic E-state index is 12.4. The molecule has 0 radical (unpaired) electrons. The highest BCUT2D eigenvalue weighted by molar-refractivity contribution is 7.13. The Balaban J connectivity index is 1.30. The van der Waals surface area contributed by atoms with Crippen LogP contribution in [0, 0.1) is 0 Å². The normalized spacial score (nSPS) is 13.6. The van der Waals surface area contributed by atoms with E-state index in [4.69, 9.17) is 9.47 Å². The molecule has 1 amide bonds. The maximum absolute atomic E-state index is 12.4. The lowest BCUT2D eigenvalue weighted by atomic mass is 10.1. The number of thiazole rings is 1. The van der Waals surface area contributed by atoms with Crippen molar-refractivity contribution in [3.8, 4) is 22.1 Å². The molecule has 0 atom stereocenters. The molecule has 1 fully saturated rings. The van der Waals surface area contributed by atoms with Gasteiger partial charge in [-0.25, -0.2) is 4.98 Å². The number of benzene rings is 1. The smallest absolute Gasteiger partial charge is 0.271 e. The summed E-state index contributed by atoms with van der Waals surface area (Å²) in [5.41, 5.74) is 2.22. The number of amides is 1. The van der Waals surface area contributed by atoms with Crippen molar-refractivity contribution in [2.24, 2.45) is 0 Å². The van der Waals surface area contributed by atoms with Gasteiger partial charge >= 0.3 is 0 Å². The Morgan fingerprint density at radius 1 is 1.06 bits per heavy atom. The lowest BCUT2D eigenvalue weighted by Crippen LogP contribution is -2.31. The lowest BCUT2D eigenvalue weighted by Gasteiger charge is -2.27. The topological polar surface area (TPSA) is 89.5 Å². The van der Waals surface area contributed by atoms with E-state index in [0.29, 0.717) is 30.2 Å². The minimum absolute atomic E-state index is 0.224. The third-order valence-corrected chi connectivity index (χ3v) is 6.35. The van der Waals surface area contributed by atoms with Crippen LogP contribution in [0.3, 0.4) is 0 Å². The number of carbonyl (C=O) groups excluding carboxylic acids is 1. The van der Waals surface area contributed by atoms with E-state index >= 15 is 0 Å². The van der Waals surface area contributed by atoms with Crippen LogP contribution in [0.4, 0.5) is 5.82 Å². The van der Waals surface area contributed by atoms with Crippen LogP contribution < -0.4 is 19.7 Å². The quantitative estimate of drug-likeness (QED) is 0.558. The van der Waals surface area contributed by atoms with Crippen molar-refractivity contribution in [1.29, 1.82) is 0 Å². The van der Waals surface area contributed by atoms with E-state index in [1.807, 2.05) is 29.6 Å². The molecule has 2 aromatic heterocycles. The molecule has 9 heteroatoms. The number of ether oxygens (including phenoxy) is 2. The predicted molar refractivity (Wildman–Crippen MR) is 125 cm³/mol. The highest BCUT2D eigenvalue weighted by Gasteiger charge is 2.15. The van der Waals surface area contributed by atoms with Crippen LogP contribution in [0.15, 0.2) is 35.7 Å².